The standard InChI is InChI=1S/C12H19N3O3S/c1-2-6-19(17,18)7-5-15-12(16)8-11(9-13-15)14-10-3-4-10/h8-10,14H,2-7H2,1H3. The van der Waals surface area contributed by atoms with E-state index < -0.39 is 9.84 Å². The van der Waals surface area contributed by atoms with Crippen LogP contribution in [0.2, 0.25) is 0 Å². The first-order valence-electron chi connectivity index (χ1n) is 6.54. The lowest BCUT2D eigenvalue weighted by atomic mass is 10.4. The van der Waals surface area contributed by atoms with Gasteiger partial charge in [0.25, 0.3) is 5.56 Å². The zero-order chi connectivity index (χ0) is 13.9. The first-order chi connectivity index (χ1) is 9.00. The molecule has 1 fully saturated rings. The van der Waals surface area contributed by atoms with Gasteiger partial charge in [-0.05, 0) is 19.3 Å². The zero-order valence-corrected chi connectivity index (χ0v) is 11.8. The van der Waals surface area contributed by atoms with Gasteiger partial charge in [-0.3, -0.25) is 4.79 Å². The van der Waals surface area contributed by atoms with Gasteiger partial charge < -0.3 is 5.32 Å². The third kappa shape index (κ3) is 4.34. The van der Waals surface area contributed by atoms with Crippen molar-refractivity contribution in [2.24, 2.45) is 0 Å². The summed E-state index contributed by atoms with van der Waals surface area (Å²) in [5.74, 6) is 0.117. The molecule has 1 N–H and O–H groups in total. The summed E-state index contributed by atoms with van der Waals surface area (Å²) in [4.78, 5) is 11.8. The summed E-state index contributed by atoms with van der Waals surface area (Å²) < 4.78 is 24.4. The summed E-state index contributed by atoms with van der Waals surface area (Å²) in [6.45, 7) is 1.94. The molecule has 1 aromatic rings. The van der Waals surface area contributed by atoms with Crippen molar-refractivity contribution in [2.75, 3.05) is 16.8 Å². The molecule has 0 atom stereocenters. The molecule has 106 valence electrons. The van der Waals surface area contributed by atoms with Crippen LogP contribution >= 0.6 is 0 Å². The van der Waals surface area contributed by atoms with Crippen LogP contribution in [0.3, 0.4) is 0 Å². The Hall–Kier alpha value is -1.37. The van der Waals surface area contributed by atoms with Crippen molar-refractivity contribution in [3.63, 3.8) is 0 Å². The Balaban J connectivity index is 1.98. The molecule has 2 rings (SSSR count). The highest BCUT2D eigenvalue weighted by atomic mass is 32.2. The van der Waals surface area contributed by atoms with E-state index in [9.17, 15) is 13.2 Å². The average Bonchev–Trinajstić information content (AvgIpc) is 3.12. The minimum absolute atomic E-state index is 0.0385. The lowest BCUT2D eigenvalue weighted by Gasteiger charge is -2.07. The Morgan fingerprint density at radius 3 is 2.74 bits per heavy atom. The summed E-state index contributed by atoms with van der Waals surface area (Å²) in [5, 5.41) is 7.18. The second kappa shape index (κ2) is 5.73. The lowest BCUT2D eigenvalue weighted by molar-refractivity contribution is 0.570. The Morgan fingerprint density at radius 2 is 2.16 bits per heavy atom. The van der Waals surface area contributed by atoms with Crippen LogP contribution in [0.15, 0.2) is 17.1 Å². The maximum absolute atomic E-state index is 11.8. The van der Waals surface area contributed by atoms with Gasteiger partial charge in [0.2, 0.25) is 0 Å². The molecule has 1 aliphatic carbocycles. The minimum Gasteiger partial charge on any atom is -0.381 e. The molecule has 0 aromatic carbocycles. The second-order valence-corrected chi connectivity index (χ2v) is 7.18. The van der Waals surface area contributed by atoms with Gasteiger partial charge in [-0.15, -0.1) is 0 Å². The van der Waals surface area contributed by atoms with Crippen molar-refractivity contribution in [3.05, 3.63) is 22.6 Å². The molecule has 1 aromatic heterocycles. The molecule has 0 aliphatic heterocycles. The number of rotatable bonds is 7. The van der Waals surface area contributed by atoms with Gasteiger partial charge >= 0.3 is 0 Å². The molecule has 0 spiro atoms. The fraction of sp³-hybridized carbons (Fsp3) is 0.667. The van der Waals surface area contributed by atoms with E-state index in [4.69, 9.17) is 0 Å². The maximum Gasteiger partial charge on any atom is 0.268 e. The van der Waals surface area contributed by atoms with Crippen molar-refractivity contribution >= 4 is 15.5 Å². The zero-order valence-electron chi connectivity index (χ0n) is 11.0. The highest BCUT2D eigenvalue weighted by Gasteiger charge is 2.21. The van der Waals surface area contributed by atoms with E-state index in [1.54, 1.807) is 6.20 Å². The molecule has 1 saturated carbocycles. The van der Waals surface area contributed by atoms with Crippen LogP contribution < -0.4 is 10.9 Å². The third-order valence-electron chi connectivity index (χ3n) is 2.95. The number of aromatic nitrogens is 2. The molecule has 19 heavy (non-hydrogen) atoms. The molecular formula is C12H19N3O3S. The van der Waals surface area contributed by atoms with Gasteiger partial charge in [-0.25, -0.2) is 13.1 Å². The third-order valence-corrected chi connectivity index (χ3v) is 4.78. The molecule has 0 radical (unpaired) electrons. The number of anilines is 1. The highest BCUT2D eigenvalue weighted by Crippen LogP contribution is 2.23. The van der Waals surface area contributed by atoms with E-state index in [1.165, 1.54) is 10.7 Å². The van der Waals surface area contributed by atoms with Gasteiger partial charge in [0.1, 0.15) is 0 Å². The van der Waals surface area contributed by atoms with E-state index in [2.05, 4.69) is 10.4 Å². The largest absolute Gasteiger partial charge is 0.381 e. The summed E-state index contributed by atoms with van der Waals surface area (Å²) in [6, 6.07) is 1.93. The van der Waals surface area contributed by atoms with Crippen molar-refractivity contribution in [3.8, 4) is 0 Å². The normalized spacial score (nSPS) is 15.4. The predicted octanol–water partition coefficient (Wildman–Crippen LogP) is 0.642. The van der Waals surface area contributed by atoms with Crippen LogP contribution in [-0.4, -0.2) is 35.7 Å². The molecule has 1 aliphatic rings. The monoisotopic (exact) mass is 285 g/mol. The number of hydrogen-bond acceptors (Lipinski definition) is 5. The molecule has 0 bridgehead atoms. The molecular weight excluding hydrogens is 266 g/mol. The van der Waals surface area contributed by atoms with Crippen molar-refractivity contribution in [2.45, 2.75) is 38.8 Å². The summed E-state index contributed by atoms with van der Waals surface area (Å²) in [6.07, 6.45) is 4.41. The predicted molar refractivity (Wildman–Crippen MR) is 74.1 cm³/mol. The topological polar surface area (TPSA) is 81.1 Å². The molecule has 0 saturated heterocycles. The summed E-state index contributed by atoms with van der Waals surface area (Å²) in [5.41, 5.74) is 0.442. The minimum atomic E-state index is -3.08. The number of sulfone groups is 1. The van der Waals surface area contributed by atoms with Crippen LogP contribution in [0, 0.1) is 0 Å². The quantitative estimate of drug-likeness (QED) is 0.795. The van der Waals surface area contributed by atoms with Crippen molar-refractivity contribution < 1.29 is 8.42 Å². The van der Waals surface area contributed by atoms with Crippen LogP contribution in [-0.2, 0) is 16.4 Å². The van der Waals surface area contributed by atoms with Gasteiger partial charge in [0.15, 0.2) is 9.84 Å². The molecule has 6 nitrogen and oxygen atoms in total. The summed E-state index contributed by atoms with van der Waals surface area (Å²) in [7, 11) is -3.08. The van der Waals surface area contributed by atoms with Crippen molar-refractivity contribution in [1.29, 1.82) is 0 Å². The van der Waals surface area contributed by atoms with Gasteiger partial charge in [-0.2, -0.15) is 5.10 Å². The van der Waals surface area contributed by atoms with Crippen LogP contribution in [0.25, 0.3) is 0 Å². The second-order valence-electron chi connectivity index (χ2n) is 4.88. The first-order valence-corrected chi connectivity index (χ1v) is 8.36. The maximum atomic E-state index is 11.8. The van der Waals surface area contributed by atoms with E-state index in [0.717, 1.165) is 12.8 Å². The first kappa shape index (κ1) is 14.0. The Morgan fingerprint density at radius 1 is 1.42 bits per heavy atom. The number of hydrogen-bond donors (Lipinski definition) is 1. The van der Waals surface area contributed by atoms with Crippen LogP contribution in [0.4, 0.5) is 5.69 Å². The Labute approximate surface area is 112 Å². The van der Waals surface area contributed by atoms with E-state index in [0.29, 0.717) is 18.2 Å². The fourth-order valence-corrected chi connectivity index (χ4v) is 3.06. The highest BCUT2D eigenvalue weighted by molar-refractivity contribution is 7.91. The van der Waals surface area contributed by atoms with Gasteiger partial charge in [0, 0.05) is 17.9 Å². The summed E-state index contributed by atoms with van der Waals surface area (Å²) >= 11 is 0. The SMILES string of the molecule is CCCS(=O)(=O)CCn1ncc(NC2CC2)cc1=O. The number of nitrogens with zero attached hydrogens (tertiary/aromatic N) is 2. The Bertz CT molecular complexity index is 590. The molecule has 1 heterocycles. The molecule has 7 heteroatoms. The Kier molecular flexibility index (Phi) is 4.24. The smallest absolute Gasteiger partial charge is 0.268 e. The van der Waals surface area contributed by atoms with E-state index >= 15 is 0 Å². The van der Waals surface area contributed by atoms with E-state index in [1.807, 2.05) is 6.92 Å². The number of nitrogens with one attached hydrogen (secondary N) is 1. The average molecular weight is 285 g/mol. The van der Waals surface area contributed by atoms with Crippen molar-refractivity contribution in [1.82, 2.24) is 9.78 Å². The molecule has 0 unspecified atom stereocenters. The van der Waals surface area contributed by atoms with E-state index in [-0.39, 0.29) is 23.6 Å². The van der Waals surface area contributed by atoms with Crippen LogP contribution in [0.1, 0.15) is 26.2 Å². The van der Waals surface area contributed by atoms with Gasteiger partial charge in [0.05, 0.1) is 24.2 Å². The van der Waals surface area contributed by atoms with Crippen LogP contribution in [0.5, 0.6) is 0 Å². The van der Waals surface area contributed by atoms with Gasteiger partial charge in [-0.1, -0.05) is 6.92 Å². The fourth-order valence-electron chi connectivity index (χ4n) is 1.78. The molecule has 0 amide bonds. The lowest BCUT2D eigenvalue weighted by Crippen LogP contribution is -2.27. The number of aryl methyl sites for hydroxylation is 1.